The maximum atomic E-state index is 11.7. The third-order valence-electron chi connectivity index (χ3n) is 3.79. The third kappa shape index (κ3) is 4.85. The highest BCUT2D eigenvalue weighted by atomic mass is 79.9. The second-order valence-corrected chi connectivity index (χ2v) is 6.56. The fourth-order valence-electron chi connectivity index (χ4n) is 2.47. The van der Waals surface area contributed by atoms with Crippen molar-refractivity contribution < 1.29 is 14.5 Å². The summed E-state index contributed by atoms with van der Waals surface area (Å²) in [6.07, 6.45) is 1.22. The molecule has 0 bridgehead atoms. The SMILES string of the molecule is CCOC(=O)c1ccc(Nc2ncnc(Nc3ccccc3Br)c2[N+](=O)[O-])cc1. The highest BCUT2D eigenvalue weighted by molar-refractivity contribution is 9.10. The molecule has 0 aliphatic heterocycles. The number of para-hydroxylation sites is 1. The molecule has 0 aliphatic rings. The molecule has 148 valence electrons. The largest absolute Gasteiger partial charge is 0.462 e. The first-order chi connectivity index (χ1) is 14.0. The van der Waals surface area contributed by atoms with Crippen LogP contribution in [0, 0.1) is 10.1 Å². The molecule has 2 N–H and O–H groups in total. The van der Waals surface area contributed by atoms with Gasteiger partial charge in [0.05, 0.1) is 22.8 Å². The number of carbonyl (C=O) groups is 1. The van der Waals surface area contributed by atoms with Crippen LogP contribution in [0.4, 0.5) is 28.7 Å². The maximum Gasteiger partial charge on any atom is 0.353 e. The first kappa shape index (κ1) is 20.2. The van der Waals surface area contributed by atoms with E-state index >= 15 is 0 Å². The van der Waals surface area contributed by atoms with Gasteiger partial charge in [0.25, 0.3) is 0 Å². The summed E-state index contributed by atoms with van der Waals surface area (Å²) in [6, 6.07) is 13.5. The van der Waals surface area contributed by atoms with Crippen molar-refractivity contribution in [1.29, 1.82) is 0 Å². The Morgan fingerprint density at radius 3 is 2.38 bits per heavy atom. The lowest BCUT2D eigenvalue weighted by atomic mass is 10.2. The van der Waals surface area contributed by atoms with Crippen LogP contribution in [0.5, 0.6) is 0 Å². The molecule has 1 heterocycles. The average Bonchev–Trinajstić information content (AvgIpc) is 2.70. The molecule has 0 atom stereocenters. The number of nitrogens with zero attached hydrogens (tertiary/aromatic N) is 3. The number of carbonyl (C=O) groups excluding carboxylic acids is 1. The minimum atomic E-state index is -0.561. The number of nitro groups is 1. The number of aromatic nitrogens is 2. The van der Waals surface area contributed by atoms with E-state index in [0.29, 0.717) is 16.9 Å². The number of rotatable bonds is 7. The van der Waals surface area contributed by atoms with Crippen LogP contribution in [0.3, 0.4) is 0 Å². The van der Waals surface area contributed by atoms with Gasteiger partial charge in [-0.3, -0.25) is 10.1 Å². The summed E-state index contributed by atoms with van der Waals surface area (Å²) < 4.78 is 5.67. The lowest BCUT2D eigenvalue weighted by molar-refractivity contribution is -0.383. The van der Waals surface area contributed by atoms with E-state index in [0.717, 1.165) is 4.47 Å². The highest BCUT2D eigenvalue weighted by Gasteiger charge is 2.24. The van der Waals surface area contributed by atoms with E-state index in [2.05, 4.69) is 36.5 Å². The molecule has 10 heteroatoms. The summed E-state index contributed by atoms with van der Waals surface area (Å²) in [7, 11) is 0. The van der Waals surface area contributed by atoms with Crippen LogP contribution < -0.4 is 10.6 Å². The van der Waals surface area contributed by atoms with Crippen LogP contribution in [0.25, 0.3) is 0 Å². The zero-order valence-electron chi connectivity index (χ0n) is 15.3. The summed E-state index contributed by atoms with van der Waals surface area (Å²) in [5.74, 6) is -0.377. The number of hydrogen-bond donors (Lipinski definition) is 2. The van der Waals surface area contributed by atoms with Crippen LogP contribution in [0.1, 0.15) is 17.3 Å². The summed E-state index contributed by atoms with van der Waals surface area (Å²) >= 11 is 3.39. The zero-order chi connectivity index (χ0) is 20.8. The van der Waals surface area contributed by atoms with Crippen molar-refractivity contribution in [1.82, 2.24) is 9.97 Å². The predicted molar refractivity (Wildman–Crippen MR) is 112 cm³/mol. The molecule has 0 saturated carbocycles. The number of anilines is 4. The Hall–Kier alpha value is -3.53. The van der Waals surface area contributed by atoms with E-state index in [1.807, 2.05) is 6.07 Å². The van der Waals surface area contributed by atoms with E-state index in [4.69, 9.17) is 4.74 Å². The van der Waals surface area contributed by atoms with Crippen molar-refractivity contribution in [3.8, 4) is 0 Å². The molecule has 2 aromatic carbocycles. The monoisotopic (exact) mass is 457 g/mol. The van der Waals surface area contributed by atoms with Crippen molar-refractivity contribution in [2.75, 3.05) is 17.2 Å². The molecule has 3 aromatic rings. The Morgan fingerprint density at radius 1 is 1.10 bits per heavy atom. The molecule has 1 aromatic heterocycles. The van der Waals surface area contributed by atoms with E-state index in [1.54, 1.807) is 49.4 Å². The van der Waals surface area contributed by atoms with Crippen LogP contribution in [-0.4, -0.2) is 27.5 Å². The lowest BCUT2D eigenvalue weighted by Crippen LogP contribution is -2.06. The quantitative estimate of drug-likeness (QED) is 0.294. The van der Waals surface area contributed by atoms with Gasteiger partial charge in [0, 0.05) is 10.2 Å². The Kier molecular flexibility index (Phi) is 6.35. The molecule has 0 saturated heterocycles. The Labute approximate surface area is 174 Å². The van der Waals surface area contributed by atoms with Crippen molar-refractivity contribution >= 4 is 50.6 Å². The average molecular weight is 458 g/mol. The van der Waals surface area contributed by atoms with Crippen LogP contribution in [-0.2, 0) is 4.74 Å². The number of hydrogen-bond acceptors (Lipinski definition) is 8. The normalized spacial score (nSPS) is 10.3. The molecule has 0 radical (unpaired) electrons. The van der Waals surface area contributed by atoms with Gasteiger partial charge in [-0.2, -0.15) is 0 Å². The second kappa shape index (κ2) is 9.11. The van der Waals surface area contributed by atoms with Crippen molar-refractivity contribution in [2.45, 2.75) is 6.92 Å². The Morgan fingerprint density at radius 2 is 1.76 bits per heavy atom. The van der Waals surface area contributed by atoms with Gasteiger partial charge in [0.15, 0.2) is 0 Å². The van der Waals surface area contributed by atoms with Crippen LogP contribution in [0.2, 0.25) is 0 Å². The zero-order valence-corrected chi connectivity index (χ0v) is 16.8. The number of benzene rings is 2. The van der Waals surface area contributed by atoms with E-state index in [-0.39, 0.29) is 23.9 Å². The summed E-state index contributed by atoms with van der Waals surface area (Å²) in [5, 5.41) is 17.5. The van der Waals surface area contributed by atoms with Gasteiger partial charge in [-0.1, -0.05) is 12.1 Å². The third-order valence-corrected chi connectivity index (χ3v) is 4.48. The first-order valence-corrected chi connectivity index (χ1v) is 9.34. The highest BCUT2D eigenvalue weighted by Crippen LogP contribution is 2.34. The molecule has 0 amide bonds. The first-order valence-electron chi connectivity index (χ1n) is 8.54. The van der Waals surface area contributed by atoms with Gasteiger partial charge in [-0.15, -0.1) is 0 Å². The summed E-state index contributed by atoms with van der Waals surface area (Å²) in [6.45, 7) is 2.00. The Bertz CT molecular complexity index is 1040. The number of ether oxygens (including phenoxy) is 1. The molecule has 0 fully saturated rings. The molecular formula is C19H16BrN5O4. The molecular weight excluding hydrogens is 442 g/mol. The standard InChI is InChI=1S/C19H16BrN5O4/c1-2-29-19(26)12-7-9-13(10-8-12)23-17-16(25(27)28)18(22-11-21-17)24-15-6-4-3-5-14(15)20/h3-11H,2H2,1H3,(H2,21,22,23,24). The Balaban J connectivity index is 1.89. The molecule has 29 heavy (non-hydrogen) atoms. The number of halogens is 1. The predicted octanol–water partition coefficient (Wildman–Crippen LogP) is 4.81. The number of nitrogens with one attached hydrogen (secondary N) is 2. The molecule has 0 spiro atoms. The fraction of sp³-hybridized carbons (Fsp3) is 0.105. The van der Waals surface area contributed by atoms with Gasteiger partial charge < -0.3 is 15.4 Å². The minimum Gasteiger partial charge on any atom is -0.462 e. The number of esters is 1. The van der Waals surface area contributed by atoms with Crippen molar-refractivity contribution in [2.24, 2.45) is 0 Å². The lowest BCUT2D eigenvalue weighted by Gasteiger charge is -2.11. The van der Waals surface area contributed by atoms with Gasteiger partial charge in [0.1, 0.15) is 6.33 Å². The topological polar surface area (TPSA) is 119 Å². The smallest absolute Gasteiger partial charge is 0.353 e. The van der Waals surface area contributed by atoms with Gasteiger partial charge >= 0.3 is 11.7 Å². The molecule has 0 aliphatic carbocycles. The van der Waals surface area contributed by atoms with Gasteiger partial charge in [-0.05, 0) is 59.3 Å². The van der Waals surface area contributed by atoms with Crippen LogP contribution in [0.15, 0.2) is 59.3 Å². The molecule has 0 unspecified atom stereocenters. The minimum absolute atomic E-state index is 0.0171. The second-order valence-electron chi connectivity index (χ2n) is 5.70. The van der Waals surface area contributed by atoms with Gasteiger partial charge in [-0.25, -0.2) is 14.8 Å². The van der Waals surface area contributed by atoms with Crippen molar-refractivity contribution in [3.63, 3.8) is 0 Å². The van der Waals surface area contributed by atoms with Crippen molar-refractivity contribution in [3.05, 3.63) is 75.0 Å². The fourth-order valence-corrected chi connectivity index (χ4v) is 2.85. The molecule has 3 rings (SSSR count). The summed E-state index contributed by atoms with van der Waals surface area (Å²) in [5.41, 5.74) is 1.22. The summed E-state index contributed by atoms with van der Waals surface area (Å²) in [4.78, 5) is 30.9. The molecule has 9 nitrogen and oxygen atoms in total. The van der Waals surface area contributed by atoms with Gasteiger partial charge in [0.2, 0.25) is 11.6 Å². The van der Waals surface area contributed by atoms with E-state index < -0.39 is 10.9 Å². The maximum absolute atomic E-state index is 11.7. The van der Waals surface area contributed by atoms with Crippen LogP contribution >= 0.6 is 15.9 Å². The van der Waals surface area contributed by atoms with E-state index in [9.17, 15) is 14.9 Å². The van der Waals surface area contributed by atoms with E-state index in [1.165, 1.54) is 6.33 Å².